The van der Waals surface area contributed by atoms with Crippen molar-refractivity contribution in [1.29, 1.82) is 0 Å². The van der Waals surface area contributed by atoms with Gasteiger partial charge in [-0.1, -0.05) is 78.0 Å². The van der Waals surface area contributed by atoms with Crippen molar-refractivity contribution in [2.75, 3.05) is 19.0 Å². The fraction of sp³-hybridized carbons (Fsp3) is 0.179. The van der Waals surface area contributed by atoms with Crippen LogP contribution >= 0.6 is 35.6 Å². The molecule has 190 valence electrons. The molecular formula is C28H25ClN2O4S2. The molecule has 1 saturated heterocycles. The van der Waals surface area contributed by atoms with Crippen LogP contribution in [0.15, 0.2) is 71.6 Å². The highest BCUT2D eigenvalue weighted by atomic mass is 35.5. The minimum absolute atomic E-state index is 0.140. The van der Waals surface area contributed by atoms with Crippen LogP contribution < -0.4 is 14.8 Å². The second kappa shape index (κ2) is 11.8. The van der Waals surface area contributed by atoms with E-state index in [-0.39, 0.29) is 24.5 Å². The van der Waals surface area contributed by atoms with Crippen LogP contribution in [0.5, 0.6) is 11.5 Å². The highest BCUT2D eigenvalue weighted by Crippen LogP contribution is 2.39. The Bertz CT molecular complexity index is 1380. The molecule has 37 heavy (non-hydrogen) atoms. The van der Waals surface area contributed by atoms with Gasteiger partial charge in [-0.25, -0.2) is 0 Å². The van der Waals surface area contributed by atoms with Gasteiger partial charge in [0, 0.05) is 10.7 Å². The molecule has 0 aromatic heterocycles. The Morgan fingerprint density at radius 3 is 2.62 bits per heavy atom. The summed E-state index contributed by atoms with van der Waals surface area (Å²) in [6, 6.07) is 20.2. The predicted octanol–water partition coefficient (Wildman–Crippen LogP) is 6.64. The van der Waals surface area contributed by atoms with Crippen molar-refractivity contribution in [1.82, 2.24) is 4.90 Å². The molecule has 6 nitrogen and oxygen atoms in total. The van der Waals surface area contributed by atoms with Crippen LogP contribution in [0.2, 0.25) is 5.02 Å². The second-order valence-electron chi connectivity index (χ2n) is 8.30. The number of rotatable bonds is 8. The third kappa shape index (κ3) is 6.15. The summed E-state index contributed by atoms with van der Waals surface area (Å²) >= 11 is 12.9. The van der Waals surface area contributed by atoms with Gasteiger partial charge >= 0.3 is 0 Å². The van der Waals surface area contributed by atoms with Crippen LogP contribution in [0.1, 0.15) is 29.7 Å². The highest BCUT2D eigenvalue weighted by Gasteiger charge is 2.35. The van der Waals surface area contributed by atoms with Gasteiger partial charge in [0.1, 0.15) is 4.32 Å². The lowest BCUT2D eigenvalue weighted by Gasteiger charge is -2.23. The Morgan fingerprint density at radius 1 is 1.14 bits per heavy atom. The van der Waals surface area contributed by atoms with E-state index in [1.807, 2.05) is 44.2 Å². The molecule has 1 atom stereocenters. The first-order chi connectivity index (χ1) is 17.8. The van der Waals surface area contributed by atoms with E-state index >= 15 is 0 Å². The maximum Gasteiger partial charge on any atom is 0.266 e. The molecule has 4 rings (SSSR count). The van der Waals surface area contributed by atoms with Crippen molar-refractivity contribution in [3.8, 4) is 11.5 Å². The van der Waals surface area contributed by atoms with Crippen molar-refractivity contribution in [2.45, 2.75) is 19.9 Å². The van der Waals surface area contributed by atoms with Crippen LogP contribution in [-0.4, -0.2) is 34.8 Å². The first kappa shape index (κ1) is 26.7. The van der Waals surface area contributed by atoms with E-state index in [9.17, 15) is 9.59 Å². The topological polar surface area (TPSA) is 67.9 Å². The van der Waals surface area contributed by atoms with Gasteiger partial charge in [0.15, 0.2) is 18.1 Å². The summed E-state index contributed by atoms with van der Waals surface area (Å²) in [4.78, 5) is 27.7. The molecule has 0 saturated carbocycles. The first-order valence-electron chi connectivity index (χ1n) is 11.5. The summed E-state index contributed by atoms with van der Waals surface area (Å²) in [7, 11) is 1.52. The van der Waals surface area contributed by atoms with E-state index in [0.29, 0.717) is 31.4 Å². The predicted molar refractivity (Wildman–Crippen MR) is 153 cm³/mol. The number of methoxy groups -OCH3 is 1. The number of amides is 2. The lowest BCUT2D eigenvalue weighted by atomic mass is 10.1. The van der Waals surface area contributed by atoms with Crippen LogP contribution in [0.3, 0.4) is 0 Å². The Morgan fingerprint density at radius 2 is 1.89 bits per heavy atom. The minimum atomic E-state index is -0.326. The molecule has 1 heterocycles. The summed E-state index contributed by atoms with van der Waals surface area (Å²) in [6.07, 6.45) is 1.78. The third-order valence-corrected chi connectivity index (χ3v) is 7.62. The van der Waals surface area contributed by atoms with Gasteiger partial charge in [-0.15, -0.1) is 0 Å². The SMILES string of the molecule is COc1cc(/C=C2\SC(=S)N([C@@H](C)c3ccccc3)C2=O)ccc1OCC(=O)Nc1cccc(Cl)c1C. The van der Waals surface area contributed by atoms with Crippen LogP contribution in [0.4, 0.5) is 5.69 Å². The van der Waals surface area contributed by atoms with Gasteiger partial charge in [0.25, 0.3) is 11.8 Å². The van der Waals surface area contributed by atoms with E-state index in [2.05, 4.69) is 5.32 Å². The van der Waals surface area contributed by atoms with Gasteiger partial charge in [-0.3, -0.25) is 14.5 Å². The largest absolute Gasteiger partial charge is 0.493 e. The van der Waals surface area contributed by atoms with Crippen LogP contribution in [-0.2, 0) is 9.59 Å². The molecule has 0 bridgehead atoms. The number of nitrogens with one attached hydrogen (secondary N) is 1. The smallest absolute Gasteiger partial charge is 0.266 e. The van der Waals surface area contributed by atoms with Gasteiger partial charge < -0.3 is 14.8 Å². The quantitative estimate of drug-likeness (QED) is 0.250. The van der Waals surface area contributed by atoms with E-state index in [4.69, 9.17) is 33.3 Å². The number of halogens is 1. The zero-order chi connectivity index (χ0) is 26.5. The molecule has 0 aliphatic carbocycles. The average molecular weight is 553 g/mol. The Hall–Kier alpha value is -3.33. The zero-order valence-electron chi connectivity index (χ0n) is 20.5. The minimum Gasteiger partial charge on any atom is -0.493 e. The molecule has 1 N–H and O–H groups in total. The normalized spacial score (nSPS) is 15.1. The molecule has 0 radical (unpaired) electrons. The number of ether oxygens (including phenoxy) is 2. The van der Waals surface area contributed by atoms with Crippen molar-refractivity contribution >= 4 is 63.5 Å². The maximum atomic E-state index is 13.2. The number of hydrogen-bond donors (Lipinski definition) is 1. The average Bonchev–Trinajstić information content (AvgIpc) is 3.18. The summed E-state index contributed by atoms with van der Waals surface area (Å²) in [6.45, 7) is 3.58. The number of hydrogen-bond acceptors (Lipinski definition) is 6. The van der Waals surface area contributed by atoms with Crippen LogP contribution in [0, 0.1) is 6.92 Å². The highest BCUT2D eigenvalue weighted by molar-refractivity contribution is 8.26. The molecule has 0 spiro atoms. The van der Waals surface area contributed by atoms with Crippen molar-refractivity contribution in [2.24, 2.45) is 0 Å². The molecule has 1 aliphatic heterocycles. The summed E-state index contributed by atoms with van der Waals surface area (Å²) in [5, 5.41) is 3.37. The molecule has 2 amide bonds. The fourth-order valence-electron chi connectivity index (χ4n) is 3.81. The summed E-state index contributed by atoms with van der Waals surface area (Å²) < 4.78 is 11.7. The third-order valence-electron chi connectivity index (χ3n) is 5.88. The standard InChI is InChI=1S/C28H25ClN2O4S2/c1-17-21(29)10-7-11-22(17)30-26(32)16-35-23-13-12-19(14-24(23)34-3)15-25-27(33)31(28(36)37-25)18(2)20-8-5-4-6-9-20/h4-15,18H,16H2,1-3H3,(H,30,32)/b25-15-/t18-/m0/s1. The number of anilines is 1. The maximum absolute atomic E-state index is 13.2. The molecule has 0 unspecified atom stereocenters. The molecular weight excluding hydrogens is 528 g/mol. The fourth-order valence-corrected chi connectivity index (χ4v) is 5.40. The van der Waals surface area contributed by atoms with E-state index in [1.54, 1.807) is 47.4 Å². The van der Waals surface area contributed by atoms with Crippen molar-refractivity contribution in [3.05, 3.63) is 93.3 Å². The number of carbonyl (C=O) groups excluding carboxylic acids is 2. The summed E-state index contributed by atoms with van der Waals surface area (Å²) in [5.74, 6) is 0.378. The molecule has 3 aromatic carbocycles. The van der Waals surface area contributed by atoms with E-state index < -0.39 is 0 Å². The van der Waals surface area contributed by atoms with E-state index in [0.717, 1.165) is 16.7 Å². The van der Waals surface area contributed by atoms with Crippen molar-refractivity contribution in [3.63, 3.8) is 0 Å². The second-order valence-corrected chi connectivity index (χ2v) is 10.4. The number of benzene rings is 3. The Labute approximate surface area is 230 Å². The van der Waals surface area contributed by atoms with Crippen LogP contribution in [0.25, 0.3) is 6.08 Å². The summed E-state index contributed by atoms with van der Waals surface area (Å²) in [5.41, 5.74) is 3.17. The molecule has 1 aliphatic rings. The Kier molecular flexibility index (Phi) is 8.53. The number of thioether (sulfide) groups is 1. The molecule has 3 aromatic rings. The molecule has 1 fully saturated rings. The van der Waals surface area contributed by atoms with Gasteiger partial charge in [0.2, 0.25) is 0 Å². The lowest BCUT2D eigenvalue weighted by Crippen LogP contribution is -2.30. The number of nitrogens with zero attached hydrogens (tertiary/aromatic N) is 1. The zero-order valence-corrected chi connectivity index (χ0v) is 22.9. The van der Waals surface area contributed by atoms with E-state index in [1.165, 1.54) is 18.9 Å². The van der Waals surface area contributed by atoms with Gasteiger partial charge in [-0.2, -0.15) is 0 Å². The van der Waals surface area contributed by atoms with Gasteiger partial charge in [-0.05, 0) is 60.9 Å². The monoisotopic (exact) mass is 552 g/mol. The van der Waals surface area contributed by atoms with Crippen molar-refractivity contribution < 1.29 is 19.1 Å². The lowest BCUT2D eigenvalue weighted by molar-refractivity contribution is -0.123. The Balaban J connectivity index is 1.44. The van der Waals surface area contributed by atoms with Gasteiger partial charge in [0.05, 0.1) is 18.1 Å². The molecule has 9 heteroatoms. The number of thiocarbonyl (C=S) groups is 1. The number of carbonyl (C=O) groups is 2. The first-order valence-corrected chi connectivity index (χ1v) is 13.1.